The van der Waals surface area contributed by atoms with Crippen molar-refractivity contribution in [3.8, 4) is 0 Å². The highest BCUT2D eigenvalue weighted by Crippen LogP contribution is 2.45. The van der Waals surface area contributed by atoms with E-state index in [4.69, 9.17) is 0 Å². The maximum absolute atomic E-state index is 13.4. The number of aliphatic hydroxyl groups excluding tert-OH is 1. The van der Waals surface area contributed by atoms with Crippen LogP contribution < -0.4 is 0 Å². The number of nitrogens with zero attached hydrogens (tertiary/aromatic N) is 3. The maximum Gasteiger partial charge on any atom is 0.230 e. The molecular weight excluding hydrogens is 338 g/mol. The summed E-state index contributed by atoms with van der Waals surface area (Å²) in [7, 11) is 1.84. The van der Waals surface area contributed by atoms with E-state index in [1.807, 2.05) is 61.8 Å². The molecule has 1 aromatic carbocycles. The number of hydrogen-bond donors (Lipinski definition) is 1. The molecule has 0 saturated carbocycles. The fourth-order valence-corrected chi connectivity index (χ4v) is 4.88. The third-order valence-corrected chi connectivity index (χ3v) is 6.06. The van der Waals surface area contributed by atoms with Gasteiger partial charge in [0.2, 0.25) is 5.91 Å². The Labute approximate surface area is 160 Å². The molecule has 0 unspecified atom stereocenters. The molecule has 2 fully saturated rings. The average Bonchev–Trinajstić information content (AvgIpc) is 2.68. The molecule has 5 nitrogen and oxygen atoms in total. The van der Waals surface area contributed by atoms with Crippen LogP contribution in [-0.4, -0.2) is 52.0 Å². The van der Waals surface area contributed by atoms with Gasteiger partial charge in [0.05, 0.1) is 23.3 Å². The van der Waals surface area contributed by atoms with Crippen LogP contribution >= 0.6 is 0 Å². The van der Waals surface area contributed by atoms with Gasteiger partial charge in [-0.15, -0.1) is 0 Å². The number of rotatable bonds is 3. The maximum atomic E-state index is 13.4. The van der Waals surface area contributed by atoms with Crippen LogP contribution in [0.5, 0.6) is 0 Å². The molecule has 1 N–H and O–H groups in total. The fraction of sp³-hybridized carbons (Fsp3) is 0.455. The van der Waals surface area contributed by atoms with Crippen molar-refractivity contribution < 1.29 is 9.90 Å². The van der Waals surface area contributed by atoms with E-state index in [9.17, 15) is 9.90 Å². The van der Waals surface area contributed by atoms with E-state index in [2.05, 4.69) is 9.88 Å². The molecule has 0 radical (unpaired) electrons. The molecule has 1 amide bonds. The minimum atomic E-state index is -0.551. The van der Waals surface area contributed by atoms with Gasteiger partial charge >= 0.3 is 0 Å². The second-order valence-corrected chi connectivity index (χ2v) is 7.96. The van der Waals surface area contributed by atoms with Crippen LogP contribution in [0.15, 0.2) is 54.7 Å². The molecule has 2 aliphatic rings. The summed E-state index contributed by atoms with van der Waals surface area (Å²) in [5.74, 6) is 0.160. The SMILES string of the molecule is CN1C(=O)[C@]2(CCCN(Cc3ccccn3)C2)C[C@@H](O)[C@@H]1c1ccccc1. The monoisotopic (exact) mass is 365 g/mol. The molecule has 1 aromatic heterocycles. The molecule has 1 spiro atoms. The van der Waals surface area contributed by atoms with Crippen molar-refractivity contribution in [3.63, 3.8) is 0 Å². The van der Waals surface area contributed by atoms with Gasteiger partial charge in [0.15, 0.2) is 0 Å². The van der Waals surface area contributed by atoms with E-state index in [0.29, 0.717) is 13.0 Å². The zero-order valence-corrected chi connectivity index (χ0v) is 15.8. The van der Waals surface area contributed by atoms with Crippen LogP contribution in [0.25, 0.3) is 0 Å². The van der Waals surface area contributed by atoms with Gasteiger partial charge in [0.25, 0.3) is 0 Å². The fourth-order valence-electron chi connectivity index (χ4n) is 4.88. The Morgan fingerprint density at radius 1 is 1.19 bits per heavy atom. The summed E-state index contributed by atoms with van der Waals surface area (Å²) in [4.78, 5) is 21.9. The zero-order chi connectivity index (χ0) is 18.9. The summed E-state index contributed by atoms with van der Waals surface area (Å²) in [6, 6.07) is 15.5. The van der Waals surface area contributed by atoms with Gasteiger partial charge < -0.3 is 10.0 Å². The summed E-state index contributed by atoms with van der Waals surface area (Å²) < 4.78 is 0. The molecular formula is C22H27N3O2. The van der Waals surface area contributed by atoms with Crippen molar-refractivity contribution in [1.82, 2.24) is 14.8 Å². The van der Waals surface area contributed by atoms with E-state index >= 15 is 0 Å². The van der Waals surface area contributed by atoms with Gasteiger partial charge in [0, 0.05) is 26.3 Å². The van der Waals surface area contributed by atoms with Crippen LogP contribution in [0.1, 0.15) is 36.6 Å². The molecule has 2 aromatic rings. The summed E-state index contributed by atoms with van der Waals surface area (Å²) in [5, 5.41) is 11.0. The number of piperidine rings is 2. The van der Waals surface area contributed by atoms with Crippen LogP contribution in [-0.2, 0) is 11.3 Å². The van der Waals surface area contributed by atoms with Crippen LogP contribution in [0.2, 0.25) is 0 Å². The number of hydrogen-bond acceptors (Lipinski definition) is 4. The predicted molar refractivity (Wildman–Crippen MR) is 104 cm³/mol. The highest BCUT2D eigenvalue weighted by Gasteiger charge is 2.51. The van der Waals surface area contributed by atoms with Gasteiger partial charge in [-0.2, -0.15) is 0 Å². The molecule has 5 heteroatoms. The number of amides is 1. The quantitative estimate of drug-likeness (QED) is 0.908. The number of aliphatic hydroxyl groups is 1. The number of carbonyl (C=O) groups is 1. The zero-order valence-electron chi connectivity index (χ0n) is 15.8. The first-order valence-corrected chi connectivity index (χ1v) is 9.72. The Bertz CT molecular complexity index is 779. The van der Waals surface area contributed by atoms with Gasteiger partial charge in [-0.3, -0.25) is 14.7 Å². The standard InChI is InChI=1S/C22H27N3O2/c1-24-20(17-8-3-2-4-9-17)19(26)14-22(21(24)27)11-7-13-25(16-22)15-18-10-5-6-12-23-18/h2-6,8-10,12,19-20,26H,7,11,13-16H2,1H3/t19-,20+,22-/m1/s1. The van der Waals surface area contributed by atoms with Crippen molar-refractivity contribution in [3.05, 3.63) is 66.0 Å². The Hall–Kier alpha value is -2.24. The van der Waals surface area contributed by atoms with Crippen molar-refractivity contribution in [1.29, 1.82) is 0 Å². The molecule has 27 heavy (non-hydrogen) atoms. The van der Waals surface area contributed by atoms with E-state index in [-0.39, 0.29) is 11.9 Å². The second-order valence-electron chi connectivity index (χ2n) is 7.96. The van der Waals surface area contributed by atoms with E-state index in [1.54, 1.807) is 4.90 Å². The Kier molecular flexibility index (Phi) is 4.98. The van der Waals surface area contributed by atoms with Crippen LogP contribution in [0.4, 0.5) is 0 Å². The van der Waals surface area contributed by atoms with Crippen molar-refractivity contribution >= 4 is 5.91 Å². The molecule has 3 atom stereocenters. The molecule has 2 aliphatic heterocycles. The Balaban J connectivity index is 1.54. The minimum absolute atomic E-state index is 0.160. The van der Waals surface area contributed by atoms with Gasteiger partial charge in [-0.05, 0) is 43.5 Å². The number of pyridine rings is 1. The lowest BCUT2D eigenvalue weighted by Gasteiger charge is -2.51. The van der Waals surface area contributed by atoms with E-state index in [1.165, 1.54) is 0 Å². The first-order valence-electron chi connectivity index (χ1n) is 9.72. The Morgan fingerprint density at radius 3 is 2.70 bits per heavy atom. The van der Waals surface area contributed by atoms with E-state index < -0.39 is 11.5 Å². The predicted octanol–water partition coefficient (Wildman–Crippen LogP) is 2.63. The van der Waals surface area contributed by atoms with Crippen molar-refractivity contribution in [2.75, 3.05) is 20.1 Å². The summed E-state index contributed by atoms with van der Waals surface area (Å²) in [6.07, 6.45) is 3.59. The molecule has 0 bridgehead atoms. The van der Waals surface area contributed by atoms with Gasteiger partial charge in [-0.25, -0.2) is 0 Å². The number of likely N-dealkylation sites (N-methyl/N-ethyl adjacent to an activating group) is 1. The molecule has 0 aliphatic carbocycles. The largest absolute Gasteiger partial charge is 0.391 e. The topological polar surface area (TPSA) is 56.7 Å². The Morgan fingerprint density at radius 2 is 1.96 bits per heavy atom. The second kappa shape index (κ2) is 7.41. The summed E-state index contributed by atoms with van der Waals surface area (Å²) >= 11 is 0. The minimum Gasteiger partial charge on any atom is -0.391 e. The molecule has 3 heterocycles. The van der Waals surface area contributed by atoms with Crippen LogP contribution in [0, 0.1) is 5.41 Å². The summed E-state index contributed by atoms with van der Waals surface area (Å²) in [6.45, 7) is 2.40. The molecule has 142 valence electrons. The van der Waals surface area contributed by atoms with Gasteiger partial charge in [-0.1, -0.05) is 36.4 Å². The molecule has 2 saturated heterocycles. The number of likely N-dealkylation sites (tertiary alicyclic amines) is 2. The van der Waals surface area contributed by atoms with Crippen LogP contribution in [0.3, 0.4) is 0 Å². The van der Waals surface area contributed by atoms with Crippen molar-refractivity contribution in [2.24, 2.45) is 5.41 Å². The smallest absolute Gasteiger partial charge is 0.230 e. The first kappa shape index (κ1) is 18.1. The third-order valence-electron chi connectivity index (χ3n) is 6.06. The lowest BCUT2D eigenvalue weighted by Crippen LogP contribution is -2.59. The number of benzene rings is 1. The normalized spacial score (nSPS) is 29.3. The third kappa shape index (κ3) is 3.49. The average molecular weight is 365 g/mol. The summed E-state index contributed by atoms with van der Waals surface area (Å²) in [5.41, 5.74) is 1.53. The number of aromatic nitrogens is 1. The molecule has 4 rings (SSSR count). The lowest BCUT2D eigenvalue weighted by atomic mass is 9.69. The van der Waals surface area contributed by atoms with Crippen molar-refractivity contribution in [2.45, 2.75) is 38.0 Å². The highest BCUT2D eigenvalue weighted by atomic mass is 16.3. The lowest BCUT2D eigenvalue weighted by molar-refractivity contribution is -0.162. The number of carbonyl (C=O) groups excluding carboxylic acids is 1. The van der Waals surface area contributed by atoms with E-state index in [0.717, 1.165) is 37.2 Å². The first-order chi connectivity index (χ1) is 13.1. The van der Waals surface area contributed by atoms with Gasteiger partial charge in [0.1, 0.15) is 0 Å². The highest BCUT2D eigenvalue weighted by molar-refractivity contribution is 5.84.